The van der Waals surface area contributed by atoms with Crippen molar-refractivity contribution in [2.75, 3.05) is 27.9 Å². The van der Waals surface area contributed by atoms with E-state index in [1.54, 1.807) is 0 Å². The molecule has 23 heavy (non-hydrogen) atoms. The molecule has 0 radical (unpaired) electrons. The topological polar surface area (TPSA) is 74.3 Å². The summed E-state index contributed by atoms with van der Waals surface area (Å²) in [6.45, 7) is 0.213. The quantitative estimate of drug-likeness (QED) is 0.605. The minimum atomic E-state index is -1.04. The van der Waals surface area contributed by atoms with E-state index >= 15 is 0 Å². The van der Waals surface area contributed by atoms with Crippen molar-refractivity contribution in [2.24, 2.45) is 0 Å². The third-order valence-corrected chi connectivity index (χ3v) is 3.95. The van der Waals surface area contributed by atoms with Crippen LogP contribution in [0.4, 0.5) is 4.79 Å². The number of ether oxygens (including phenoxy) is 4. The molecule has 0 saturated carbocycles. The number of hydrogen-bond donors (Lipinski definition) is 0. The van der Waals surface area contributed by atoms with E-state index < -0.39 is 23.9 Å². The first-order valence-corrected chi connectivity index (χ1v) is 7.20. The first-order valence-electron chi connectivity index (χ1n) is 7.20. The molecule has 1 aliphatic rings. The maximum absolute atomic E-state index is 12.4. The maximum atomic E-state index is 12.4. The highest BCUT2D eigenvalue weighted by Crippen LogP contribution is 2.32. The van der Waals surface area contributed by atoms with E-state index in [1.807, 2.05) is 30.3 Å². The highest BCUT2D eigenvalue weighted by atomic mass is 16.7. The molecule has 0 unspecified atom stereocenters. The Morgan fingerprint density at radius 1 is 1.17 bits per heavy atom. The van der Waals surface area contributed by atoms with Crippen LogP contribution in [0, 0.1) is 0 Å². The lowest BCUT2D eigenvalue weighted by Gasteiger charge is -2.25. The molecule has 126 valence electrons. The van der Waals surface area contributed by atoms with Crippen LogP contribution in [0.25, 0.3) is 0 Å². The minimum Gasteiger partial charge on any atom is -0.467 e. The van der Waals surface area contributed by atoms with Gasteiger partial charge in [-0.2, -0.15) is 0 Å². The highest BCUT2D eigenvalue weighted by Gasteiger charge is 2.51. The first-order chi connectivity index (χ1) is 11.0. The number of likely N-dealkylation sites (tertiary alicyclic amines) is 1. The van der Waals surface area contributed by atoms with Gasteiger partial charge < -0.3 is 18.9 Å². The van der Waals surface area contributed by atoms with Gasteiger partial charge in [0.15, 0.2) is 5.79 Å². The number of methoxy groups -OCH3 is 3. The Hall–Kier alpha value is -2.12. The number of benzene rings is 1. The molecule has 0 spiro atoms. The van der Waals surface area contributed by atoms with Gasteiger partial charge in [-0.15, -0.1) is 0 Å². The fraction of sp³-hybridized carbons (Fsp3) is 0.500. The Morgan fingerprint density at radius 3 is 2.39 bits per heavy atom. The summed E-state index contributed by atoms with van der Waals surface area (Å²) in [7, 11) is 4.21. The summed E-state index contributed by atoms with van der Waals surface area (Å²) in [6, 6.07) is 8.50. The monoisotopic (exact) mass is 323 g/mol. The predicted octanol–water partition coefficient (Wildman–Crippen LogP) is 1.56. The fourth-order valence-corrected chi connectivity index (χ4v) is 2.56. The largest absolute Gasteiger partial charge is 0.467 e. The van der Waals surface area contributed by atoms with Crippen molar-refractivity contribution >= 4 is 12.1 Å². The molecule has 1 amide bonds. The van der Waals surface area contributed by atoms with E-state index in [9.17, 15) is 9.59 Å². The molecule has 0 aliphatic carbocycles. The van der Waals surface area contributed by atoms with Crippen LogP contribution in [0.15, 0.2) is 30.3 Å². The van der Waals surface area contributed by atoms with Crippen LogP contribution in [0.3, 0.4) is 0 Å². The van der Waals surface area contributed by atoms with E-state index in [4.69, 9.17) is 18.9 Å². The van der Waals surface area contributed by atoms with Crippen molar-refractivity contribution in [1.82, 2.24) is 4.90 Å². The number of hydrogen-bond acceptors (Lipinski definition) is 6. The Morgan fingerprint density at radius 2 is 1.83 bits per heavy atom. The number of carbonyl (C=O) groups excluding carboxylic acids is 2. The molecule has 1 atom stereocenters. The molecule has 2 rings (SSSR count). The van der Waals surface area contributed by atoms with Gasteiger partial charge in [0.1, 0.15) is 12.6 Å². The summed E-state index contributed by atoms with van der Waals surface area (Å²) in [5, 5.41) is 0. The van der Waals surface area contributed by atoms with Gasteiger partial charge in [0.25, 0.3) is 0 Å². The summed E-state index contributed by atoms with van der Waals surface area (Å²) < 4.78 is 20.7. The van der Waals surface area contributed by atoms with Crippen LogP contribution in [0.2, 0.25) is 0 Å². The second-order valence-electron chi connectivity index (χ2n) is 5.23. The van der Waals surface area contributed by atoms with Gasteiger partial charge in [-0.05, 0) is 5.56 Å². The van der Waals surface area contributed by atoms with E-state index in [2.05, 4.69) is 0 Å². The van der Waals surface area contributed by atoms with Crippen LogP contribution in [0.1, 0.15) is 12.0 Å². The van der Waals surface area contributed by atoms with Crippen LogP contribution >= 0.6 is 0 Å². The zero-order chi connectivity index (χ0) is 16.9. The van der Waals surface area contributed by atoms with Crippen LogP contribution in [0.5, 0.6) is 0 Å². The Labute approximate surface area is 135 Å². The van der Waals surface area contributed by atoms with Gasteiger partial charge in [0.05, 0.1) is 13.7 Å². The molecule has 0 bridgehead atoms. The number of amides is 1. The second kappa shape index (κ2) is 7.43. The summed E-state index contributed by atoms with van der Waals surface area (Å²) in [6.07, 6.45) is -0.423. The SMILES string of the molecule is COC(=O)[C@@H]1CC(OC)(OC)CN1C(=O)OCc1ccccc1. The molecule has 7 heteroatoms. The average Bonchev–Trinajstić information content (AvgIpc) is 3.00. The average molecular weight is 323 g/mol. The first kappa shape index (κ1) is 17.2. The van der Waals surface area contributed by atoms with Gasteiger partial charge in [0.2, 0.25) is 0 Å². The van der Waals surface area contributed by atoms with E-state index in [0.29, 0.717) is 0 Å². The predicted molar refractivity (Wildman–Crippen MR) is 80.5 cm³/mol. The summed E-state index contributed by atoms with van der Waals surface area (Å²) in [5.41, 5.74) is 0.861. The van der Waals surface area contributed by atoms with Crippen molar-refractivity contribution in [3.63, 3.8) is 0 Å². The summed E-state index contributed by atoms with van der Waals surface area (Å²) >= 11 is 0. The molecule has 0 N–H and O–H groups in total. The zero-order valence-electron chi connectivity index (χ0n) is 13.5. The number of carbonyl (C=O) groups is 2. The highest BCUT2D eigenvalue weighted by molar-refractivity contribution is 5.82. The lowest BCUT2D eigenvalue weighted by atomic mass is 10.1. The van der Waals surface area contributed by atoms with Crippen molar-refractivity contribution in [3.05, 3.63) is 35.9 Å². The van der Waals surface area contributed by atoms with Gasteiger partial charge in [-0.3, -0.25) is 4.90 Å². The summed E-state index contributed by atoms with van der Waals surface area (Å²) in [4.78, 5) is 25.6. The molecule has 1 fully saturated rings. The number of nitrogens with zero attached hydrogens (tertiary/aromatic N) is 1. The van der Waals surface area contributed by atoms with Crippen molar-refractivity contribution < 1.29 is 28.5 Å². The smallest absolute Gasteiger partial charge is 0.411 e. The molecule has 1 aromatic carbocycles. The lowest BCUT2D eigenvalue weighted by Crippen LogP contribution is -2.42. The third kappa shape index (κ3) is 3.80. The molecule has 7 nitrogen and oxygen atoms in total. The zero-order valence-corrected chi connectivity index (χ0v) is 13.5. The van der Waals surface area contributed by atoms with E-state index in [1.165, 1.54) is 26.2 Å². The van der Waals surface area contributed by atoms with Crippen molar-refractivity contribution in [2.45, 2.75) is 24.9 Å². The Kier molecular flexibility index (Phi) is 5.57. The summed E-state index contributed by atoms with van der Waals surface area (Å²) in [5.74, 6) is -1.57. The fourth-order valence-electron chi connectivity index (χ4n) is 2.56. The van der Waals surface area contributed by atoms with Gasteiger partial charge in [-0.25, -0.2) is 9.59 Å². The van der Waals surface area contributed by atoms with Gasteiger partial charge in [0, 0.05) is 20.6 Å². The van der Waals surface area contributed by atoms with Crippen LogP contribution in [-0.2, 0) is 30.3 Å². The standard InChI is InChI=1S/C16H21NO6/c1-20-14(18)13-9-16(21-2,22-3)11-17(13)15(19)23-10-12-7-5-4-6-8-12/h4-8,13H,9-11H2,1-3H3/t13-/m0/s1. The maximum Gasteiger partial charge on any atom is 0.411 e. The molecular weight excluding hydrogens is 302 g/mol. The van der Waals surface area contributed by atoms with E-state index in [0.717, 1.165) is 5.56 Å². The third-order valence-electron chi connectivity index (χ3n) is 3.95. The molecule has 1 saturated heterocycles. The molecule has 1 aromatic rings. The van der Waals surface area contributed by atoms with Gasteiger partial charge >= 0.3 is 12.1 Å². The van der Waals surface area contributed by atoms with Crippen LogP contribution in [-0.4, -0.2) is 56.7 Å². The van der Waals surface area contributed by atoms with Crippen molar-refractivity contribution in [3.8, 4) is 0 Å². The Balaban J connectivity index is 2.07. The minimum absolute atomic E-state index is 0.0907. The second-order valence-corrected chi connectivity index (χ2v) is 5.23. The molecular formula is C16H21NO6. The lowest BCUT2D eigenvalue weighted by molar-refractivity contribution is -0.196. The number of esters is 1. The van der Waals surface area contributed by atoms with Crippen molar-refractivity contribution in [1.29, 1.82) is 0 Å². The van der Waals surface area contributed by atoms with Crippen LogP contribution < -0.4 is 0 Å². The molecule has 1 heterocycles. The normalized spacial score (nSPS) is 19.4. The van der Waals surface area contributed by atoms with E-state index in [-0.39, 0.29) is 19.6 Å². The molecule has 1 aliphatic heterocycles. The molecule has 0 aromatic heterocycles. The number of rotatable bonds is 5. The van der Waals surface area contributed by atoms with Gasteiger partial charge in [-0.1, -0.05) is 30.3 Å². The Bertz CT molecular complexity index is 543.